The Bertz CT molecular complexity index is 796. The van der Waals surface area contributed by atoms with Crippen LogP contribution in [-0.4, -0.2) is 53.9 Å². The molecule has 0 aromatic heterocycles. The van der Waals surface area contributed by atoms with Gasteiger partial charge < -0.3 is 9.47 Å². The third kappa shape index (κ3) is 3.99. The maximum atomic E-state index is 12.5. The van der Waals surface area contributed by atoms with Crippen molar-refractivity contribution in [1.29, 1.82) is 0 Å². The van der Waals surface area contributed by atoms with Gasteiger partial charge in [0.2, 0.25) is 0 Å². The molecule has 4 saturated carbocycles. The van der Waals surface area contributed by atoms with Crippen molar-refractivity contribution in [2.24, 2.45) is 23.7 Å². The molecule has 4 bridgehead atoms. The molecule has 13 heteroatoms. The highest BCUT2D eigenvalue weighted by Gasteiger charge is 2.57. The number of alkyl halides is 3. The van der Waals surface area contributed by atoms with Gasteiger partial charge in [0.15, 0.2) is 0 Å². The highest BCUT2D eigenvalue weighted by atomic mass is 32.3. The Morgan fingerprint density at radius 2 is 1.63 bits per heavy atom. The second-order valence-corrected chi connectivity index (χ2v) is 11.0. The monoisotopic (exact) mass is 435 g/mol. The molecule has 0 aromatic rings. The van der Waals surface area contributed by atoms with Gasteiger partial charge in [-0.05, 0) is 43.4 Å². The van der Waals surface area contributed by atoms with Crippen LogP contribution >= 0.6 is 0 Å². The number of hydrogen-bond donors (Lipinski definition) is 1. The van der Waals surface area contributed by atoms with Crippen molar-refractivity contribution in [1.82, 2.24) is 4.13 Å². The Balaban J connectivity index is 1.49. The molecule has 1 saturated heterocycles. The number of epoxide rings is 1. The number of nitrogens with one attached hydrogen (secondary N) is 1. The average molecular weight is 435 g/mol. The number of halogens is 3. The van der Waals surface area contributed by atoms with Crippen LogP contribution in [0.5, 0.6) is 0 Å². The molecule has 1 heterocycles. The van der Waals surface area contributed by atoms with Crippen molar-refractivity contribution in [3.05, 3.63) is 0 Å². The molecule has 156 valence electrons. The molecule has 0 amide bonds. The van der Waals surface area contributed by atoms with E-state index in [9.17, 15) is 30.0 Å². The predicted molar refractivity (Wildman–Crippen MR) is 83.8 cm³/mol. The van der Waals surface area contributed by atoms with Crippen LogP contribution in [0.4, 0.5) is 13.2 Å². The summed E-state index contributed by atoms with van der Waals surface area (Å²) in [7, 11) is -11.2. The number of sulfonamides is 1. The van der Waals surface area contributed by atoms with Crippen molar-refractivity contribution in [2.75, 3.05) is 13.2 Å². The van der Waals surface area contributed by atoms with Gasteiger partial charge in [0, 0.05) is 5.92 Å². The van der Waals surface area contributed by atoms with Gasteiger partial charge in [-0.15, -0.1) is 0 Å². The lowest BCUT2D eigenvalue weighted by Gasteiger charge is -2.57. The molecule has 0 spiro atoms. The summed E-state index contributed by atoms with van der Waals surface area (Å²) in [6, 6.07) is 0. The molecule has 5 rings (SSSR count). The van der Waals surface area contributed by atoms with Crippen LogP contribution in [-0.2, 0) is 34.0 Å². The zero-order valence-corrected chi connectivity index (χ0v) is 15.7. The lowest BCUT2D eigenvalue weighted by atomic mass is 9.53. The standard InChI is InChI=1S/C14H20F3NO7S2/c15-14(16,17)26(19,20)18-27(21,22)25-13-9-2-7-1-8(4-9)12(11(13)3-7)24-6-10-5-23-10/h7-13,18H,1-6H2. The van der Waals surface area contributed by atoms with Crippen LogP contribution in [0.2, 0.25) is 0 Å². The number of rotatable bonds is 7. The van der Waals surface area contributed by atoms with Gasteiger partial charge in [-0.1, -0.05) is 4.13 Å². The molecule has 5 fully saturated rings. The fraction of sp³-hybridized carbons (Fsp3) is 1.00. The van der Waals surface area contributed by atoms with Gasteiger partial charge in [0.25, 0.3) is 0 Å². The van der Waals surface area contributed by atoms with E-state index in [1.54, 1.807) is 0 Å². The van der Waals surface area contributed by atoms with E-state index in [-0.39, 0.29) is 30.0 Å². The predicted octanol–water partition coefficient (Wildman–Crippen LogP) is 0.906. The topological polar surface area (TPSA) is 111 Å². The maximum absolute atomic E-state index is 12.5. The second-order valence-electron chi connectivity index (χ2n) is 7.79. The molecule has 7 atom stereocenters. The van der Waals surface area contributed by atoms with E-state index in [1.165, 1.54) is 0 Å². The number of hydrogen-bond acceptors (Lipinski definition) is 7. The van der Waals surface area contributed by atoms with E-state index in [0.717, 1.165) is 12.8 Å². The van der Waals surface area contributed by atoms with Gasteiger partial charge in [-0.3, -0.25) is 4.18 Å². The number of ether oxygens (including phenoxy) is 2. The van der Waals surface area contributed by atoms with Crippen molar-refractivity contribution in [2.45, 2.75) is 49.5 Å². The van der Waals surface area contributed by atoms with E-state index < -0.39 is 31.9 Å². The third-order valence-corrected chi connectivity index (χ3v) is 8.67. The normalized spacial score (nSPS) is 41.1. The van der Waals surface area contributed by atoms with E-state index in [4.69, 9.17) is 13.7 Å². The fourth-order valence-electron chi connectivity index (χ4n) is 4.94. The van der Waals surface area contributed by atoms with E-state index in [2.05, 4.69) is 0 Å². The van der Waals surface area contributed by atoms with Gasteiger partial charge in [0.1, 0.15) is 6.10 Å². The lowest BCUT2D eigenvalue weighted by molar-refractivity contribution is -0.173. The van der Waals surface area contributed by atoms with E-state index in [1.807, 2.05) is 0 Å². The molecule has 0 radical (unpaired) electrons. The van der Waals surface area contributed by atoms with E-state index >= 15 is 0 Å². The fourth-order valence-corrected chi connectivity index (χ4v) is 7.14. The quantitative estimate of drug-likeness (QED) is 0.592. The third-order valence-electron chi connectivity index (χ3n) is 5.89. The van der Waals surface area contributed by atoms with Crippen molar-refractivity contribution >= 4 is 20.3 Å². The van der Waals surface area contributed by atoms with Crippen LogP contribution in [0.15, 0.2) is 0 Å². The van der Waals surface area contributed by atoms with Crippen LogP contribution in [0, 0.1) is 23.7 Å². The molecule has 1 aliphatic heterocycles. The summed E-state index contributed by atoms with van der Waals surface area (Å²) in [5.74, 6) is 0.214. The Morgan fingerprint density at radius 1 is 1.00 bits per heavy atom. The van der Waals surface area contributed by atoms with Crippen LogP contribution < -0.4 is 4.13 Å². The van der Waals surface area contributed by atoms with Gasteiger partial charge in [-0.2, -0.15) is 21.6 Å². The Labute approximate surface area is 155 Å². The van der Waals surface area contributed by atoms with Crippen LogP contribution in [0.25, 0.3) is 0 Å². The molecular weight excluding hydrogens is 415 g/mol. The Morgan fingerprint density at radius 3 is 2.22 bits per heavy atom. The minimum atomic E-state index is -6.07. The lowest BCUT2D eigenvalue weighted by Crippen LogP contribution is -2.59. The summed E-state index contributed by atoms with van der Waals surface area (Å²) >= 11 is 0. The van der Waals surface area contributed by atoms with E-state index in [0.29, 0.717) is 36.1 Å². The summed E-state index contributed by atoms with van der Waals surface area (Å²) in [6.45, 7) is 0.994. The van der Waals surface area contributed by atoms with Gasteiger partial charge >= 0.3 is 25.8 Å². The largest absolute Gasteiger partial charge is 0.512 e. The highest BCUT2D eigenvalue weighted by Crippen LogP contribution is 2.56. The van der Waals surface area contributed by atoms with Crippen molar-refractivity contribution in [3.8, 4) is 0 Å². The summed E-state index contributed by atoms with van der Waals surface area (Å²) in [4.78, 5) is 0. The zero-order chi connectivity index (χ0) is 19.6. The zero-order valence-electron chi connectivity index (χ0n) is 14.1. The maximum Gasteiger partial charge on any atom is 0.512 e. The average Bonchev–Trinajstić information content (AvgIpc) is 3.32. The Kier molecular flexibility index (Phi) is 4.79. The molecule has 1 N–H and O–H groups in total. The molecule has 0 aromatic carbocycles. The first-order chi connectivity index (χ1) is 12.5. The molecule has 7 unspecified atom stereocenters. The summed E-state index contributed by atoms with van der Waals surface area (Å²) < 4.78 is 100. The summed E-state index contributed by atoms with van der Waals surface area (Å²) in [5, 5.41) is 0. The second kappa shape index (κ2) is 6.52. The SMILES string of the molecule is O=S(=O)(NS(=O)(=O)C(F)(F)F)OC1C2CC3CC(C2)C(OCC2CO2)C1C3. The molecule has 4 aliphatic carbocycles. The smallest absolute Gasteiger partial charge is 0.375 e. The molecule has 5 aliphatic rings. The Hall–Kier alpha value is -0.470. The van der Waals surface area contributed by atoms with Gasteiger partial charge in [-0.25, -0.2) is 8.42 Å². The van der Waals surface area contributed by atoms with Crippen molar-refractivity contribution in [3.63, 3.8) is 0 Å². The van der Waals surface area contributed by atoms with Crippen LogP contribution in [0.3, 0.4) is 0 Å². The van der Waals surface area contributed by atoms with Gasteiger partial charge in [0.05, 0.1) is 25.4 Å². The first kappa shape index (κ1) is 19.8. The highest BCUT2D eigenvalue weighted by molar-refractivity contribution is 8.03. The summed E-state index contributed by atoms with van der Waals surface area (Å²) in [6.07, 6.45) is 1.86. The first-order valence-corrected chi connectivity index (χ1v) is 11.6. The molecule has 27 heavy (non-hydrogen) atoms. The summed E-state index contributed by atoms with van der Waals surface area (Å²) in [5.41, 5.74) is -5.75. The molecule has 8 nitrogen and oxygen atoms in total. The first-order valence-electron chi connectivity index (χ1n) is 8.71. The van der Waals surface area contributed by atoms with Crippen molar-refractivity contribution < 1.29 is 43.7 Å². The molecular formula is C14H20F3NO7S2. The van der Waals surface area contributed by atoms with Crippen LogP contribution in [0.1, 0.15) is 25.7 Å². The minimum absolute atomic E-state index is 0.0314. The minimum Gasteiger partial charge on any atom is -0.375 e.